The Balaban J connectivity index is 1.83. The van der Waals surface area contributed by atoms with Crippen molar-refractivity contribution in [3.05, 3.63) is 90.3 Å². The molecule has 0 unspecified atom stereocenters. The average Bonchev–Trinajstić information content (AvgIpc) is 2.79. The van der Waals surface area contributed by atoms with Crippen LogP contribution in [0.25, 0.3) is 16.6 Å². The van der Waals surface area contributed by atoms with Crippen molar-refractivity contribution in [1.29, 1.82) is 0 Å². The summed E-state index contributed by atoms with van der Waals surface area (Å²) in [6.07, 6.45) is 0. The third-order valence-corrected chi connectivity index (χ3v) is 6.47. The van der Waals surface area contributed by atoms with E-state index in [0.29, 0.717) is 21.7 Å². The van der Waals surface area contributed by atoms with E-state index in [1.54, 1.807) is 24.3 Å². The molecule has 0 saturated carbocycles. The van der Waals surface area contributed by atoms with Crippen LogP contribution in [0.1, 0.15) is 21.5 Å². The van der Waals surface area contributed by atoms with Crippen molar-refractivity contribution in [2.75, 3.05) is 11.5 Å². The van der Waals surface area contributed by atoms with Crippen molar-refractivity contribution in [3.63, 3.8) is 0 Å². The number of nitrogen functional groups attached to an aromatic ring is 1. The monoisotopic (exact) mass is 477 g/mol. The van der Waals surface area contributed by atoms with Crippen LogP contribution < -0.4 is 22.5 Å². The van der Waals surface area contributed by atoms with Gasteiger partial charge < -0.3 is 5.73 Å². The van der Waals surface area contributed by atoms with Gasteiger partial charge in [-0.2, -0.15) is 0 Å². The van der Waals surface area contributed by atoms with E-state index in [0.717, 1.165) is 32.0 Å². The van der Waals surface area contributed by atoms with Crippen molar-refractivity contribution in [2.24, 2.45) is 14.1 Å². The number of anilines is 1. The third kappa shape index (κ3) is 3.96. The zero-order valence-electron chi connectivity index (χ0n) is 19.2. The first kappa shape index (κ1) is 23.2. The largest absolute Gasteiger partial charge is 0.384 e. The highest BCUT2D eigenvalue weighted by molar-refractivity contribution is 7.99. The van der Waals surface area contributed by atoms with Crippen molar-refractivity contribution in [2.45, 2.75) is 19.0 Å². The highest BCUT2D eigenvalue weighted by Crippen LogP contribution is 2.23. The van der Waals surface area contributed by atoms with Gasteiger partial charge in [0.2, 0.25) is 0 Å². The molecule has 34 heavy (non-hydrogen) atoms. The second kappa shape index (κ2) is 8.79. The highest BCUT2D eigenvalue weighted by Gasteiger charge is 2.22. The molecule has 10 heteroatoms. The summed E-state index contributed by atoms with van der Waals surface area (Å²) in [6, 6.07) is 12.7. The minimum atomic E-state index is -0.760. The highest BCUT2D eigenvalue weighted by atomic mass is 32.2. The van der Waals surface area contributed by atoms with Gasteiger partial charge in [-0.3, -0.25) is 28.1 Å². The number of carbonyl (C=O) groups excluding carboxylic acids is 1. The lowest BCUT2D eigenvalue weighted by Gasteiger charge is -2.15. The fourth-order valence-corrected chi connectivity index (χ4v) is 4.73. The van der Waals surface area contributed by atoms with E-state index in [4.69, 9.17) is 5.73 Å². The Labute approximate surface area is 198 Å². The molecule has 0 radical (unpaired) electrons. The Morgan fingerprint density at radius 2 is 1.62 bits per heavy atom. The predicted octanol–water partition coefficient (Wildman–Crippen LogP) is 1.96. The first-order valence-electron chi connectivity index (χ1n) is 10.4. The fraction of sp³-hybridized carbons (Fsp3) is 0.208. The molecule has 0 fully saturated rings. The van der Waals surface area contributed by atoms with Crippen molar-refractivity contribution in [1.82, 2.24) is 18.7 Å². The summed E-state index contributed by atoms with van der Waals surface area (Å²) in [6.45, 7) is 3.87. The van der Waals surface area contributed by atoms with Crippen LogP contribution in [0.5, 0.6) is 0 Å². The number of Topliss-reactive ketones (excluding diaryl/α,β-unsaturated/α-hetero) is 1. The molecule has 2 aromatic carbocycles. The molecule has 0 aliphatic rings. The topological polar surface area (TPSA) is 122 Å². The van der Waals surface area contributed by atoms with Gasteiger partial charge in [0, 0.05) is 14.1 Å². The standard InChI is InChI=1S/C24H23N5O4S/c1-13-9-14(2)11-15(10-13)29-21(31)16-7-5-6-8-17(16)26-23(29)34-12-18(30)19-20(25)27(3)24(33)28(4)22(19)32/h5-11H,12,25H2,1-4H3. The molecule has 4 aromatic rings. The van der Waals surface area contributed by atoms with Crippen LogP contribution in [-0.4, -0.2) is 30.2 Å². The molecule has 0 bridgehead atoms. The van der Waals surface area contributed by atoms with Gasteiger partial charge in [-0.25, -0.2) is 9.78 Å². The number of hydrogen-bond donors (Lipinski definition) is 1. The molecular weight excluding hydrogens is 454 g/mol. The van der Waals surface area contributed by atoms with Crippen LogP contribution in [0.4, 0.5) is 5.82 Å². The lowest BCUT2D eigenvalue weighted by atomic mass is 10.1. The number of thioether (sulfide) groups is 1. The molecule has 2 aromatic heterocycles. The Kier molecular flexibility index (Phi) is 6.01. The van der Waals surface area contributed by atoms with E-state index < -0.39 is 17.0 Å². The summed E-state index contributed by atoms with van der Waals surface area (Å²) in [7, 11) is 2.68. The number of aryl methyl sites for hydroxylation is 2. The SMILES string of the molecule is Cc1cc(C)cc(-n2c(SCC(=O)c3c(N)n(C)c(=O)n(C)c3=O)nc3ccccc3c2=O)c1. The summed E-state index contributed by atoms with van der Waals surface area (Å²) in [5.74, 6) is -0.960. The first-order chi connectivity index (χ1) is 16.1. The van der Waals surface area contributed by atoms with Crippen molar-refractivity contribution in [3.8, 4) is 5.69 Å². The zero-order chi connectivity index (χ0) is 24.7. The quantitative estimate of drug-likeness (QED) is 0.265. The van der Waals surface area contributed by atoms with E-state index in [2.05, 4.69) is 4.98 Å². The normalized spacial score (nSPS) is 11.2. The van der Waals surface area contributed by atoms with Crippen LogP contribution in [-0.2, 0) is 14.1 Å². The number of hydrogen-bond acceptors (Lipinski definition) is 7. The molecule has 0 aliphatic carbocycles. The second-order valence-electron chi connectivity index (χ2n) is 8.08. The van der Waals surface area contributed by atoms with Crippen LogP contribution in [0, 0.1) is 13.8 Å². The Bertz CT molecular complexity index is 1630. The van der Waals surface area contributed by atoms with Crippen LogP contribution in [0.3, 0.4) is 0 Å². The average molecular weight is 478 g/mol. The lowest BCUT2D eigenvalue weighted by molar-refractivity contribution is 0.102. The first-order valence-corrected chi connectivity index (χ1v) is 11.4. The minimum absolute atomic E-state index is 0.197. The summed E-state index contributed by atoms with van der Waals surface area (Å²) in [5, 5.41) is 0.760. The molecule has 0 amide bonds. The minimum Gasteiger partial charge on any atom is -0.384 e. The molecule has 0 aliphatic heterocycles. The maximum atomic E-state index is 13.4. The lowest BCUT2D eigenvalue weighted by Crippen LogP contribution is -2.41. The van der Waals surface area contributed by atoms with Gasteiger partial charge in [0.15, 0.2) is 10.9 Å². The van der Waals surface area contributed by atoms with E-state index in [-0.39, 0.29) is 22.7 Å². The molecule has 4 rings (SSSR count). The number of benzene rings is 2. The zero-order valence-corrected chi connectivity index (χ0v) is 20.0. The number of rotatable bonds is 5. The van der Waals surface area contributed by atoms with Crippen molar-refractivity contribution < 1.29 is 4.79 Å². The van der Waals surface area contributed by atoms with Crippen LogP contribution in [0.15, 0.2) is 62.0 Å². The molecule has 0 saturated heterocycles. The second-order valence-corrected chi connectivity index (χ2v) is 9.02. The van der Waals surface area contributed by atoms with Gasteiger partial charge in [0.25, 0.3) is 11.1 Å². The van der Waals surface area contributed by atoms with E-state index in [1.807, 2.05) is 32.0 Å². The van der Waals surface area contributed by atoms with E-state index in [1.165, 1.54) is 18.7 Å². The molecule has 174 valence electrons. The Hall–Kier alpha value is -3.92. The smallest absolute Gasteiger partial charge is 0.332 e. The Morgan fingerprint density at radius 1 is 0.971 bits per heavy atom. The van der Waals surface area contributed by atoms with Gasteiger partial charge in [0.1, 0.15) is 11.4 Å². The predicted molar refractivity (Wildman–Crippen MR) is 133 cm³/mol. The summed E-state index contributed by atoms with van der Waals surface area (Å²) in [4.78, 5) is 55.7. The summed E-state index contributed by atoms with van der Waals surface area (Å²) in [5.41, 5.74) is 7.10. The van der Waals surface area contributed by atoms with Crippen molar-refractivity contribution >= 4 is 34.3 Å². The number of aromatic nitrogens is 4. The van der Waals surface area contributed by atoms with E-state index >= 15 is 0 Å². The van der Waals surface area contributed by atoms with Gasteiger partial charge in [0.05, 0.1) is 22.3 Å². The molecule has 9 nitrogen and oxygen atoms in total. The molecule has 2 heterocycles. The summed E-state index contributed by atoms with van der Waals surface area (Å²) >= 11 is 1.03. The molecule has 0 spiro atoms. The van der Waals surface area contributed by atoms with Gasteiger partial charge >= 0.3 is 5.69 Å². The number of nitrogens with two attached hydrogens (primary N) is 1. The maximum Gasteiger partial charge on any atom is 0.332 e. The van der Waals surface area contributed by atoms with Crippen LogP contribution in [0.2, 0.25) is 0 Å². The third-order valence-electron chi connectivity index (χ3n) is 5.53. The van der Waals surface area contributed by atoms with Gasteiger partial charge in [-0.1, -0.05) is 30.0 Å². The molecule has 2 N–H and O–H groups in total. The maximum absolute atomic E-state index is 13.4. The number of nitrogens with zero attached hydrogens (tertiary/aromatic N) is 4. The number of carbonyl (C=O) groups is 1. The van der Waals surface area contributed by atoms with Crippen LogP contribution >= 0.6 is 11.8 Å². The number of fused-ring (bicyclic) bond motifs is 1. The fourth-order valence-electron chi connectivity index (χ4n) is 3.84. The molecular formula is C24H23N5O4S. The Morgan fingerprint density at radius 3 is 2.29 bits per heavy atom. The number of ketones is 1. The van der Waals surface area contributed by atoms with E-state index in [9.17, 15) is 19.2 Å². The number of para-hydroxylation sites is 1. The van der Waals surface area contributed by atoms with Gasteiger partial charge in [-0.05, 0) is 49.2 Å². The van der Waals surface area contributed by atoms with Gasteiger partial charge in [-0.15, -0.1) is 0 Å². The molecule has 0 atom stereocenters. The summed E-state index contributed by atoms with van der Waals surface area (Å²) < 4.78 is 3.37.